The molecule has 0 radical (unpaired) electrons. The van der Waals surface area contributed by atoms with Gasteiger partial charge in [0.2, 0.25) is 0 Å². The van der Waals surface area contributed by atoms with Crippen molar-refractivity contribution in [3.8, 4) is 0 Å². The van der Waals surface area contributed by atoms with Crippen LogP contribution in [0.5, 0.6) is 0 Å². The van der Waals surface area contributed by atoms with Gasteiger partial charge in [0, 0.05) is 19.3 Å². The highest BCUT2D eigenvalue weighted by atomic mass is 16.7. The molecule has 1 aromatic heterocycles. The van der Waals surface area contributed by atoms with Crippen LogP contribution in [0.15, 0.2) is 12.7 Å². The third-order valence-electron chi connectivity index (χ3n) is 4.52. The number of aliphatic hydroxyl groups is 1. The molecule has 0 saturated carbocycles. The molecule has 116 valence electrons. The van der Waals surface area contributed by atoms with E-state index in [9.17, 15) is 5.11 Å². The summed E-state index contributed by atoms with van der Waals surface area (Å²) in [6, 6.07) is -0.194. The lowest BCUT2D eigenvalue weighted by Crippen LogP contribution is -2.60. The number of aliphatic hydroxyl groups excluding tert-OH is 1. The van der Waals surface area contributed by atoms with Crippen LogP contribution in [0, 0.1) is 0 Å². The Hall–Kier alpha value is -1.06. The molecule has 3 fully saturated rings. The monoisotopic (exact) mass is 296 g/mol. The van der Waals surface area contributed by atoms with E-state index < -0.39 is 12.4 Å². The highest BCUT2D eigenvalue weighted by Gasteiger charge is 2.51. The lowest BCUT2D eigenvalue weighted by atomic mass is 9.94. The maximum atomic E-state index is 10.8. The van der Waals surface area contributed by atoms with Crippen molar-refractivity contribution in [2.45, 2.75) is 49.5 Å². The Balaban J connectivity index is 1.52. The van der Waals surface area contributed by atoms with Crippen LogP contribution in [0.4, 0.5) is 0 Å². The molecule has 8 heteroatoms. The summed E-state index contributed by atoms with van der Waals surface area (Å²) in [4.78, 5) is 3.95. The fourth-order valence-electron chi connectivity index (χ4n) is 3.40. The van der Waals surface area contributed by atoms with E-state index in [1.807, 2.05) is 0 Å². The Morgan fingerprint density at radius 3 is 2.90 bits per heavy atom. The Labute approximate surface area is 122 Å². The first-order valence-electron chi connectivity index (χ1n) is 7.46. The van der Waals surface area contributed by atoms with Crippen LogP contribution >= 0.6 is 0 Å². The lowest BCUT2D eigenvalue weighted by molar-refractivity contribution is -0.169. The van der Waals surface area contributed by atoms with Crippen molar-refractivity contribution in [2.24, 2.45) is 0 Å². The molecule has 5 atom stereocenters. The topological polar surface area (TPSA) is 90.7 Å². The summed E-state index contributed by atoms with van der Waals surface area (Å²) in [5.41, 5.74) is 0. The average molecular weight is 296 g/mol. The largest absolute Gasteiger partial charge is 0.389 e. The summed E-state index contributed by atoms with van der Waals surface area (Å²) in [6.07, 6.45) is 3.75. The fourth-order valence-corrected chi connectivity index (χ4v) is 3.40. The fraction of sp³-hybridized carbons (Fsp3) is 0.846. The van der Waals surface area contributed by atoms with Crippen molar-refractivity contribution in [1.29, 1.82) is 0 Å². The molecular formula is C13H20N4O4. The van der Waals surface area contributed by atoms with Crippen LogP contribution in [-0.2, 0) is 14.2 Å². The van der Waals surface area contributed by atoms with Gasteiger partial charge in [-0.25, -0.2) is 9.67 Å². The van der Waals surface area contributed by atoms with Gasteiger partial charge in [-0.1, -0.05) is 0 Å². The summed E-state index contributed by atoms with van der Waals surface area (Å²) in [7, 11) is 0. The summed E-state index contributed by atoms with van der Waals surface area (Å²) < 4.78 is 18.6. The van der Waals surface area contributed by atoms with E-state index in [0.717, 1.165) is 26.1 Å². The third kappa shape index (κ3) is 2.47. The van der Waals surface area contributed by atoms with Crippen LogP contribution in [0.1, 0.15) is 18.9 Å². The summed E-state index contributed by atoms with van der Waals surface area (Å²) in [5.74, 6) is 0. The summed E-state index contributed by atoms with van der Waals surface area (Å²) in [5, 5.41) is 18.4. The molecule has 4 rings (SSSR count). The van der Waals surface area contributed by atoms with Gasteiger partial charge in [-0.2, -0.15) is 5.10 Å². The zero-order valence-electron chi connectivity index (χ0n) is 11.7. The van der Waals surface area contributed by atoms with E-state index in [2.05, 4.69) is 15.4 Å². The highest BCUT2D eigenvalue weighted by molar-refractivity contribution is 5.00. The average Bonchev–Trinajstić information content (AvgIpc) is 3.16. The second-order valence-electron chi connectivity index (χ2n) is 5.81. The van der Waals surface area contributed by atoms with Gasteiger partial charge >= 0.3 is 0 Å². The van der Waals surface area contributed by atoms with Crippen LogP contribution in [0.3, 0.4) is 0 Å². The van der Waals surface area contributed by atoms with Crippen molar-refractivity contribution < 1.29 is 19.3 Å². The highest BCUT2D eigenvalue weighted by Crippen LogP contribution is 2.35. The van der Waals surface area contributed by atoms with Crippen LogP contribution in [0.2, 0.25) is 0 Å². The SMILES string of the molecule is OC1C(NC2CCOCC2)C2COC(O2)C1n1cncn1. The number of hydrogen-bond donors (Lipinski definition) is 2. The number of nitrogens with one attached hydrogen (secondary N) is 1. The molecule has 2 bridgehead atoms. The summed E-state index contributed by atoms with van der Waals surface area (Å²) in [6.45, 7) is 2.02. The maximum absolute atomic E-state index is 10.8. The predicted octanol–water partition coefficient (Wildman–Crippen LogP) is -0.928. The first-order valence-corrected chi connectivity index (χ1v) is 7.46. The number of hydrogen-bond acceptors (Lipinski definition) is 7. The molecule has 0 aromatic carbocycles. The van der Waals surface area contributed by atoms with Crippen LogP contribution in [-0.4, -0.2) is 70.3 Å². The molecule has 4 heterocycles. The standard InChI is InChI=1S/C13H20N4O4/c18-12-10(16-8-1-3-19-4-2-8)9-5-20-13(21-9)11(12)17-7-14-6-15-17/h6-13,16,18H,1-5H2. The van der Waals surface area contributed by atoms with E-state index in [0.29, 0.717) is 12.6 Å². The first-order chi connectivity index (χ1) is 10.3. The molecule has 0 amide bonds. The van der Waals surface area contributed by atoms with Gasteiger partial charge in [0.05, 0.1) is 18.8 Å². The number of rotatable bonds is 3. The number of fused-ring (bicyclic) bond motifs is 2. The first kappa shape index (κ1) is 13.6. The van der Waals surface area contributed by atoms with Crippen molar-refractivity contribution in [1.82, 2.24) is 20.1 Å². The van der Waals surface area contributed by atoms with Crippen molar-refractivity contribution in [2.75, 3.05) is 19.8 Å². The third-order valence-corrected chi connectivity index (χ3v) is 4.52. The van der Waals surface area contributed by atoms with Gasteiger partial charge in [-0.3, -0.25) is 0 Å². The lowest BCUT2D eigenvalue weighted by Gasteiger charge is -2.40. The van der Waals surface area contributed by atoms with E-state index in [4.69, 9.17) is 14.2 Å². The van der Waals surface area contributed by atoms with Crippen molar-refractivity contribution in [3.05, 3.63) is 12.7 Å². The summed E-state index contributed by atoms with van der Waals surface area (Å²) >= 11 is 0. The Kier molecular flexibility index (Phi) is 3.64. The second-order valence-corrected chi connectivity index (χ2v) is 5.81. The van der Waals surface area contributed by atoms with Gasteiger partial charge in [-0.15, -0.1) is 0 Å². The van der Waals surface area contributed by atoms with Crippen LogP contribution < -0.4 is 5.32 Å². The molecule has 0 aliphatic carbocycles. The van der Waals surface area contributed by atoms with E-state index in [1.165, 1.54) is 6.33 Å². The molecule has 3 aliphatic heterocycles. The zero-order valence-corrected chi connectivity index (χ0v) is 11.7. The van der Waals surface area contributed by atoms with Gasteiger partial charge in [0.1, 0.15) is 24.8 Å². The van der Waals surface area contributed by atoms with Crippen molar-refractivity contribution >= 4 is 0 Å². The van der Waals surface area contributed by atoms with Gasteiger partial charge in [0.15, 0.2) is 6.29 Å². The smallest absolute Gasteiger partial charge is 0.183 e. The Bertz CT molecular complexity index is 465. The second kappa shape index (κ2) is 5.62. The zero-order chi connectivity index (χ0) is 14.2. The molecule has 21 heavy (non-hydrogen) atoms. The molecular weight excluding hydrogens is 276 g/mol. The molecule has 8 nitrogen and oxygen atoms in total. The van der Waals surface area contributed by atoms with Gasteiger partial charge in [-0.05, 0) is 12.8 Å². The molecule has 1 aromatic rings. The molecule has 3 aliphatic rings. The van der Waals surface area contributed by atoms with Gasteiger partial charge < -0.3 is 24.6 Å². The molecule has 2 N–H and O–H groups in total. The van der Waals surface area contributed by atoms with Crippen molar-refractivity contribution in [3.63, 3.8) is 0 Å². The van der Waals surface area contributed by atoms with Crippen LogP contribution in [0.25, 0.3) is 0 Å². The molecule has 3 saturated heterocycles. The van der Waals surface area contributed by atoms with E-state index >= 15 is 0 Å². The predicted molar refractivity (Wildman–Crippen MR) is 70.4 cm³/mol. The Morgan fingerprint density at radius 1 is 1.29 bits per heavy atom. The minimum absolute atomic E-state index is 0.118. The number of ether oxygens (including phenoxy) is 3. The Morgan fingerprint density at radius 2 is 2.14 bits per heavy atom. The maximum Gasteiger partial charge on any atom is 0.183 e. The number of nitrogens with zero attached hydrogens (tertiary/aromatic N) is 3. The van der Waals surface area contributed by atoms with E-state index in [-0.39, 0.29) is 18.2 Å². The molecule has 5 unspecified atom stereocenters. The molecule has 0 spiro atoms. The normalized spacial score (nSPS) is 40.5. The van der Waals surface area contributed by atoms with Gasteiger partial charge in [0.25, 0.3) is 0 Å². The van der Waals surface area contributed by atoms with E-state index in [1.54, 1.807) is 11.0 Å². The minimum Gasteiger partial charge on any atom is -0.389 e. The number of aromatic nitrogens is 3. The minimum atomic E-state index is -0.624. The quantitative estimate of drug-likeness (QED) is 0.745.